The standard InChI is InChI=1S/C22H34N2O2.ClH/c1-26-21-11-9-18(10-12-21)5-3-2-4-6-22(25)24-15-13-20(14-16-24)23-17-19-7-8-19;/h9-12,19-20,23H,2-8,13-17H2,1H3;1H. The van der Waals surface area contributed by atoms with Crippen molar-refractivity contribution in [3.05, 3.63) is 29.8 Å². The highest BCUT2D eigenvalue weighted by Crippen LogP contribution is 2.28. The lowest BCUT2D eigenvalue weighted by Gasteiger charge is -2.32. The van der Waals surface area contributed by atoms with E-state index in [9.17, 15) is 4.79 Å². The Balaban J connectivity index is 0.00000261. The van der Waals surface area contributed by atoms with Crippen LogP contribution in [0.1, 0.15) is 56.9 Å². The first-order valence-corrected chi connectivity index (χ1v) is 10.4. The largest absolute Gasteiger partial charge is 0.497 e. The van der Waals surface area contributed by atoms with Crippen molar-refractivity contribution >= 4 is 18.3 Å². The Bertz CT molecular complexity index is 552. The van der Waals surface area contributed by atoms with Gasteiger partial charge < -0.3 is 15.0 Å². The molecule has 1 aliphatic heterocycles. The van der Waals surface area contributed by atoms with Gasteiger partial charge in [0.1, 0.15) is 5.75 Å². The summed E-state index contributed by atoms with van der Waals surface area (Å²) < 4.78 is 5.18. The number of carbonyl (C=O) groups is 1. The Hall–Kier alpha value is -1.26. The van der Waals surface area contributed by atoms with E-state index in [1.165, 1.54) is 24.9 Å². The lowest BCUT2D eigenvalue weighted by atomic mass is 10.0. The van der Waals surface area contributed by atoms with Crippen molar-refractivity contribution in [2.24, 2.45) is 5.92 Å². The number of carbonyl (C=O) groups excluding carboxylic acids is 1. The summed E-state index contributed by atoms with van der Waals surface area (Å²) >= 11 is 0. The number of nitrogens with one attached hydrogen (secondary N) is 1. The van der Waals surface area contributed by atoms with E-state index < -0.39 is 0 Å². The lowest BCUT2D eigenvalue weighted by molar-refractivity contribution is -0.132. The summed E-state index contributed by atoms with van der Waals surface area (Å²) in [5.74, 6) is 2.20. The number of hydrogen-bond donors (Lipinski definition) is 1. The highest BCUT2D eigenvalue weighted by molar-refractivity contribution is 5.85. The monoisotopic (exact) mass is 394 g/mol. The van der Waals surface area contributed by atoms with Gasteiger partial charge >= 0.3 is 0 Å². The smallest absolute Gasteiger partial charge is 0.222 e. The number of rotatable bonds is 10. The fourth-order valence-corrected chi connectivity index (χ4v) is 3.72. The molecule has 1 saturated heterocycles. The van der Waals surface area contributed by atoms with Crippen LogP contribution in [0.5, 0.6) is 5.75 Å². The van der Waals surface area contributed by atoms with Crippen LogP contribution >= 0.6 is 12.4 Å². The van der Waals surface area contributed by atoms with Crippen molar-refractivity contribution in [2.75, 3.05) is 26.7 Å². The van der Waals surface area contributed by atoms with E-state index in [0.29, 0.717) is 18.4 Å². The molecule has 0 bridgehead atoms. The number of aryl methyl sites for hydroxylation is 1. The number of nitrogens with zero attached hydrogens (tertiary/aromatic N) is 1. The fraction of sp³-hybridized carbons (Fsp3) is 0.682. The van der Waals surface area contributed by atoms with E-state index in [-0.39, 0.29) is 12.4 Å². The Morgan fingerprint density at radius 1 is 1.07 bits per heavy atom. The number of piperidine rings is 1. The van der Waals surface area contributed by atoms with Crippen LogP contribution < -0.4 is 10.1 Å². The van der Waals surface area contributed by atoms with E-state index in [0.717, 1.165) is 63.3 Å². The Morgan fingerprint density at radius 3 is 2.41 bits per heavy atom. The van der Waals surface area contributed by atoms with Gasteiger partial charge in [-0.2, -0.15) is 0 Å². The highest BCUT2D eigenvalue weighted by atomic mass is 35.5. The van der Waals surface area contributed by atoms with Gasteiger partial charge in [0, 0.05) is 25.6 Å². The second-order valence-electron chi connectivity index (χ2n) is 7.92. The third kappa shape index (κ3) is 7.71. The van der Waals surface area contributed by atoms with Crippen LogP contribution in [-0.4, -0.2) is 43.6 Å². The summed E-state index contributed by atoms with van der Waals surface area (Å²) in [4.78, 5) is 14.5. The summed E-state index contributed by atoms with van der Waals surface area (Å²) in [6.07, 6.45) is 10.1. The number of benzene rings is 1. The molecule has 0 radical (unpaired) electrons. The molecule has 0 spiro atoms. The molecule has 1 amide bonds. The van der Waals surface area contributed by atoms with Gasteiger partial charge in [0.25, 0.3) is 0 Å². The number of hydrogen-bond acceptors (Lipinski definition) is 3. The molecule has 0 atom stereocenters. The first-order valence-electron chi connectivity index (χ1n) is 10.4. The third-order valence-corrected chi connectivity index (χ3v) is 5.75. The molecule has 2 fully saturated rings. The van der Waals surface area contributed by atoms with Crippen LogP contribution in [0.3, 0.4) is 0 Å². The van der Waals surface area contributed by atoms with E-state index in [2.05, 4.69) is 22.3 Å². The number of methoxy groups -OCH3 is 1. The minimum absolute atomic E-state index is 0. The second-order valence-corrected chi connectivity index (χ2v) is 7.92. The maximum atomic E-state index is 12.4. The highest BCUT2D eigenvalue weighted by Gasteiger charge is 2.25. The number of halogens is 1. The molecular formula is C22H35ClN2O2. The molecule has 1 N–H and O–H groups in total. The molecule has 27 heavy (non-hydrogen) atoms. The van der Waals surface area contributed by atoms with Crippen molar-refractivity contribution in [3.8, 4) is 5.75 Å². The van der Waals surface area contributed by atoms with E-state index >= 15 is 0 Å². The van der Waals surface area contributed by atoms with Gasteiger partial charge in [-0.25, -0.2) is 0 Å². The van der Waals surface area contributed by atoms with Crippen LogP contribution in [-0.2, 0) is 11.2 Å². The number of unbranched alkanes of at least 4 members (excludes halogenated alkanes) is 2. The molecular weight excluding hydrogens is 360 g/mol. The number of amides is 1. The molecule has 1 aliphatic carbocycles. The van der Waals surface area contributed by atoms with Crippen molar-refractivity contribution in [2.45, 2.75) is 63.8 Å². The number of ether oxygens (including phenoxy) is 1. The zero-order valence-electron chi connectivity index (χ0n) is 16.6. The molecule has 0 unspecified atom stereocenters. The van der Waals surface area contributed by atoms with Crippen LogP contribution in [0.25, 0.3) is 0 Å². The molecule has 152 valence electrons. The number of likely N-dealkylation sites (tertiary alicyclic amines) is 1. The molecule has 1 aromatic rings. The quantitative estimate of drug-likeness (QED) is 0.604. The van der Waals surface area contributed by atoms with E-state index in [1.807, 2.05) is 12.1 Å². The zero-order valence-corrected chi connectivity index (χ0v) is 17.4. The van der Waals surface area contributed by atoms with Crippen molar-refractivity contribution < 1.29 is 9.53 Å². The van der Waals surface area contributed by atoms with E-state index in [4.69, 9.17) is 4.74 Å². The summed E-state index contributed by atoms with van der Waals surface area (Å²) in [5.41, 5.74) is 1.35. The Kier molecular flexibility index (Phi) is 9.43. The molecule has 0 aromatic heterocycles. The Morgan fingerprint density at radius 2 is 1.78 bits per heavy atom. The van der Waals surface area contributed by atoms with Gasteiger partial charge in [0.2, 0.25) is 5.91 Å². The van der Waals surface area contributed by atoms with Crippen LogP contribution in [0, 0.1) is 5.92 Å². The second kappa shape index (κ2) is 11.6. The van der Waals surface area contributed by atoms with Gasteiger partial charge in [-0.15, -0.1) is 12.4 Å². The van der Waals surface area contributed by atoms with Crippen LogP contribution in [0.15, 0.2) is 24.3 Å². The van der Waals surface area contributed by atoms with Gasteiger partial charge in [0.15, 0.2) is 0 Å². The fourth-order valence-electron chi connectivity index (χ4n) is 3.72. The van der Waals surface area contributed by atoms with E-state index in [1.54, 1.807) is 7.11 Å². The summed E-state index contributed by atoms with van der Waals surface area (Å²) in [7, 11) is 1.69. The molecule has 4 nitrogen and oxygen atoms in total. The average molecular weight is 395 g/mol. The summed E-state index contributed by atoms with van der Waals surface area (Å²) in [6.45, 7) is 3.06. The molecule has 3 rings (SSSR count). The first kappa shape index (κ1) is 22.0. The predicted octanol–water partition coefficient (Wildman–Crippen LogP) is 4.21. The minimum Gasteiger partial charge on any atom is -0.497 e. The molecule has 5 heteroatoms. The molecule has 1 saturated carbocycles. The predicted molar refractivity (Wildman–Crippen MR) is 113 cm³/mol. The molecule has 2 aliphatic rings. The van der Waals surface area contributed by atoms with Crippen molar-refractivity contribution in [3.63, 3.8) is 0 Å². The zero-order chi connectivity index (χ0) is 18.2. The van der Waals surface area contributed by atoms with Gasteiger partial charge in [0.05, 0.1) is 7.11 Å². The molecule has 1 aromatic carbocycles. The lowest BCUT2D eigenvalue weighted by Crippen LogP contribution is -2.45. The van der Waals surface area contributed by atoms with Gasteiger partial charge in [-0.1, -0.05) is 18.6 Å². The molecule has 1 heterocycles. The van der Waals surface area contributed by atoms with Gasteiger partial charge in [-0.05, 0) is 75.1 Å². The van der Waals surface area contributed by atoms with Crippen LogP contribution in [0.4, 0.5) is 0 Å². The van der Waals surface area contributed by atoms with Crippen LogP contribution in [0.2, 0.25) is 0 Å². The third-order valence-electron chi connectivity index (χ3n) is 5.75. The average Bonchev–Trinajstić information content (AvgIpc) is 3.51. The normalized spacial score (nSPS) is 17.4. The Labute approximate surface area is 170 Å². The minimum atomic E-state index is 0. The topological polar surface area (TPSA) is 41.6 Å². The first-order chi connectivity index (χ1) is 12.7. The SMILES string of the molecule is COc1ccc(CCCCCC(=O)N2CCC(NCC3CC3)CC2)cc1.Cl. The maximum Gasteiger partial charge on any atom is 0.222 e. The maximum absolute atomic E-state index is 12.4. The van der Waals surface area contributed by atoms with Gasteiger partial charge in [-0.3, -0.25) is 4.79 Å². The summed E-state index contributed by atoms with van der Waals surface area (Å²) in [6, 6.07) is 8.92. The summed E-state index contributed by atoms with van der Waals surface area (Å²) in [5, 5.41) is 3.68. The van der Waals surface area contributed by atoms with Crippen molar-refractivity contribution in [1.29, 1.82) is 0 Å². The van der Waals surface area contributed by atoms with Crippen molar-refractivity contribution in [1.82, 2.24) is 10.2 Å².